The van der Waals surface area contributed by atoms with E-state index in [2.05, 4.69) is 26.1 Å². The fourth-order valence-electron chi connectivity index (χ4n) is 3.56. The minimum absolute atomic E-state index is 0.0633. The monoisotopic (exact) mass is 473 g/mol. The topological polar surface area (TPSA) is 46.7 Å². The molecule has 0 radical (unpaired) electrons. The fraction of sp³-hybridized carbons (Fsp3) is 0.0417. The summed E-state index contributed by atoms with van der Waals surface area (Å²) in [7, 11) is 0. The molecule has 30 heavy (non-hydrogen) atoms. The summed E-state index contributed by atoms with van der Waals surface area (Å²) in [5, 5.41) is 8.96. The Labute approximate surface area is 185 Å². The van der Waals surface area contributed by atoms with Crippen LogP contribution in [0.15, 0.2) is 104 Å². The van der Waals surface area contributed by atoms with Crippen LogP contribution in [0.25, 0.3) is 6.08 Å². The summed E-state index contributed by atoms with van der Waals surface area (Å²) in [6, 6.07) is 27.4. The summed E-state index contributed by atoms with van der Waals surface area (Å²) in [6.07, 6.45) is 1.90. The lowest BCUT2D eigenvalue weighted by Crippen LogP contribution is -2.40. The van der Waals surface area contributed by atoms with Gasteiger partial charge in [-0.1, -0.05) is 106 Å². The van der Waals surface area contributed by atoms with Crippen molar-refractivity contribution in [2.75, 3.05) is 0 Å². The van der Waals surface area contributed by atoms with Gasteiger partial charge in [-0.05, 0) is 23.3 Å². The van der Waals surface area contributed by atoms with Crippen molar-refractivity contribution in [3.8, 4) is 0 Å². The molecule has 1 aromatic heterocycles. The molecule has 0 bridgehead atoms. The summed E-state index contributed by atoms with van der Waals surface area (Å²) in [4.78, 5) is 14.1. The number of aromatic nitrogens is 1. The minimum Gasteiger partial charge on any atom is -0.268 e. The third kappa shape index (κ3) is 3.38. The molecule has 0 spiro atoms. The number of rotatable bonds is 3. The second-order valence-electron chi connectivity index (χ2n) is 6.85. The van der Waals surface area contributed by atoms with Crippen LogP contribution in [0.2, 0.25) is 0 Å². The molecule has 4 nitrogen and oxygen atoms in total. The van der Waals surface area contributed by atoms with Crippen molar-refractivity contribution < 1.29 is 0 Å². The van der Waals surface area contributed by atoms with Crippen molar-refractivity contribution in [3.05, 3.63) is 126 Å². The first-order valence-corrected chi connectivity index (χ1v) is 11.1. The van der Waals surface area contributed by atoms with Crippen LogP contribution in [0.4, 0.5) is 0 Å². The maximum atomic E-state index is 13.5. The van der Waals surface area contributed by atoms with Gasteiger partial charge in [0.1, 0.15) is 6.04 Å². The maximum Gasteiger partial charge on any atom is 0.271 e. The Balaban J connectivity index is 1.74. The molecule has 0 N–H and O–H groups in total. The van der Waals surface area contributed by atoms with Crippen molar-refractivity contribution in [3.63, 3.8) is 0 Å². The molecule has 0 unspecified atom stereocenters. The van der Waals surface area contributed by atoms with E-state index in [0.29, 0.717) is 9.33 Å². The van der Waals surface area contributed by atoms with Crippen molar-refractivity contribution in [2.45, 2.75) is 6.04 Å². The minimum atomic E-state index is -0.328. The zero-order valence-corrected chi connectivity index (χ0v) is 18.2. The highest BCUT2D eigenvalue weighted by Crippen LogP contribution is 2.24. The molecule has 0 amide bonds. The number of nitrogens with zero attached hydrogens (tertiary/aromatic N) is 3. The largest absolute Gasteiger partial charge is 0.271 e. The molecule has 0 saturated carbocycles. The van der Waals surface area contributed by atoms with Crippen LogP contribution in [0, 0.1) is 0 Å². The van der Waals surface area contributed by atoms with E-state index in [4.69, 9.17) is 0 Å². The van der Waals surface area contributed by atoms with Gasteiger partial charge in [0.05, 0.1) is 10.2 Å². The molecule has 146 valence electrons. The summed E-state index contributed by atoms with van der Waals surface area (Å²) in [5.41, 5.74) is 3.61. The highest BCUT2D eigenvalue weighted by atomic mass is 79.9. The Morgan fingerprint density at radius 3 is 2.27 bits per heavy atom. The molecule has 5 rings (SSSR count). The van der Waals surface area contributed by atoms with Gasteiger partial charge in [0.15, 0.2) is 0 Å². The molecule has 2 heterocycles. The number of fused-ring (bicyclic) bond motifs is 1. The molecular weight excluding hydrogens is 458 g/mol. The van der Waals surface area contributed by atoms with Crippen molar-refractivity contribution >= 4 is 39.1 Å². The van der Waals surface area contributed by atoms with Gasteiger partial charge in [-0.15, -0.1) is 10.2 Å². The zero-order chi connectivity index (χ0) is 20.5. The van der Waals surface area contributed by atoms with E-state index in [9.17, 15) is 4.79 Å². The van der Waals surface area contributed by atoms with E-state index in [1.807, 2.05) is 91.0 Å². The lowest BCUT2D eigenvalue weighted by molar-refractivity contribution is 0.657. The lowest BCUT2D eigenvalue weighted by atomic mass is 9.96. The lowest BCUT2D eigenvalue weighted by Gasteiger charge is -2.22. The summed E-state index contributed by atoms with van der Waals surface area (Å²) in [5.74, 6) is 0. The Morgan fingerprint density at radius 2 is 1.53 bits per heavy atom. The Hall–Kier alpha value is -3.09. The van der Waals surface area contributed by atoms with Crippen LogP contribution in [-0.4, -0.2) is 10.3 Å². The fourth-order valence-corrected chi connectivity index (χ4v) is 4.89. The summed E-state index contributed by atoms with van der Waals surface area (Å²) in [6.45, 7) is 0. The van der Waals surface area contributed by atoms with Gasteiger partial charge in [-0.25, -0.2) is 0 Å². The van der Waals surface area contributed by atoms with Crippen LogP contribution in [0.3, 0.4) is 0 Å². The van der Waals surface area contributed by atoms with Gasteiger partial charge >= 0.3 is 0 Å². The van der Waals surface area contributed by atoms with Gasteiger partial charge in [-0.2, -0.15) is 0 Å². The van der Waals surface area contributed by atoms with Crippen LogP contribution in [0.5, 0.6) is 0 Å². The molecule has 0 aliphatic carbocycles. The predicted molar refractivity (Wildman–Crippen MR) is 125 cm³/mol. The van der Waals surface area contributed by atoms with Crippen LogP contribution in [0.1, 0.15) is 22.7 Å². The molecule has 4 aromatic rings. The van der Waals surface area contributed by atoms with E-state index in [-0.39, 0.29) is 11.6 Å². The van der Waals surface area contributed by atoms with Crippen LogP contribution in [-0.2, 0) is 0 Å². The first-order valence-electron chi connectivity index (χ1n) is 9.46. The van der Waals surface area contributed by atoms with Gasteiger partial charge in [0.25, 0.3) is 5.56 Å². The molecule has 1 aliphatic heterocycles. The number of hydrogen-bond acceptors (Lipinski definition) is 4. The second kappa shape index (κ2) is 7.97. The van der Waals surface area contributed by atoms with Crippen molar-refractivity contribution in [1.82, 2.24) is 4.57 Å². The number of thiazole rings is 1. The maximum absolute atomic E-state index is 13.5. The summed E-state index contributed by atoms with van der Waals surface area (Å²) < 4.78 is 3.34. The average Bonchev–Trinajstić information content (AvgIpc) is 3.11. The third-order valence-corrected chi connectivity index (χ3v) is 6.67. The van der Waals surface area contributed by atoms with Crippen LogP contribution >= 0.6 is 27.3 Å². The Morgan fingerprint density at radius 1 is 0.867 bits per heavy atom. The Kier molecular flexibility index (Phi) is 5.02. The van der Waals surface area contributed by atoms with Gasteiger partial charge in [0, 0.05) is 10.0 Å². The summed E-state index contributed by atoms with van der Waals surface area (Å²) >= 11 is 4.92. The Bertz CT molecular complexity index is 1420. The first kappa shape index (κ1) is 18.9. The molecule has 1 atom stereocenters. The second-order valence-corrected chi connectivity index (χ2v) is 8.72. The third-order valence-electron chi connectivity index (χ3n) is 4.97. The average molecular weight is 474 g/mol. The van der Waals surface area contributed by atoms with Gasteiger partial charge in [0.2, 0.25) is 4.80 Å². The SMILES string of the molecule is O=c1/c(=C\c2ccccc2Br)sc2n1[C@H](c1ccccc1)C(c1ccccc1)=NN=2. The van der Waals surface area contributed by atoms with Gasteiger partial charge < -0.3 is 0 Å². The molecule has 1 aliphatic rings. The van der Waals surface area contributed by atoms with E-state index in [1.54, 1.807) is 4.57 Å². The number of benzene rings is 3. The molecule has 3 aromatic carbocycles. The quantitative estimate of drug-likeness (QED) is 0.441. The number of hydrogen-bond donors (Lipinski definition) is 0. The molecule has 0 fully saturated rings. The highest BCUT2D eigenvalue weighted by molar-refractivity contribution is 9.10. The zero-order valence-electron chi connectivity index (χ0n) is 15.8. The van der Waals surface area contributed by atoms with E-state index < -0.39 is 0 Å². The van der Waals surface area contributed by atoms with E-state index >= 15 is 0 Å². The van der Waals surface area contributed by atoms with E-state index in [0.717, 1.165) is 26.9 Å². The normalized spacial score (nSPS) is 16.0. The van der Waals surface area contributed by atoms with Crippen molar-refractivity contribution in [2.24, 2.45) is 10.2 Å². The number of halogens is 1. The van der Waals surface area contributed by atoms with Crippen molar-refractivity contribution in [1.29, 1.82) is 0 Å². The molecule has 6 heteroatoms. The highest BCUT2D eigenvalue weighted by Gasteiger charge is 2.28. The van der Waals surface area contributed by atoms with E-state index in [1.165, 1.54) is 11.3 Å². The molecular formula is C24H16BrN3OS. The van der Waals surface area contributed by atoms with Gasteiger partial charge in [-0.3, -0.25) is 9.36 Å². The smallest absolute Gasteiger partial charge is 0.268 e. The van der Waals surface area contributed by atoms with Crippen LogP contribution < -0.4 is 14.9 Å². The molecule has 0 saturated heterocycles. The first-order chi connectivity index (χ1) is 14.7. The predicted octanol–water partition coefficient (Wildman–Crippen LogP) is 4.13. The standard InChI is InChI=1S/C24H16BrN3OS/c25-19-14-8-7-13-18(19)15-20-23(29)28-22(17-11-5-2-6-12-17)21(26-27-24(28)30-20)16-9-3-1-4-10-16/h1-15,22H/b20-15+/t22-/m1/s1.